The molecule has 0 aliphatic rings. The normalized spacial score (nSPS) is 11.4. The number of hydrogen-bond acceptors (Lipinski definition) is 3. The van der Waals surface area contributed by atoms with E-state index in [0.717, 1.165) is 18.2 Å². The summed E-state index contributed by atoms with van der Waals surface area (Å²) in [4.78, 5) is 3.99. The molecule has 0 saturated heterocycles. The molecule has 0 aromatic heterocycles. The minimum absolute atomic E-state index is 0.201. The summed E-state index contributed by atoms with van der Waals surface area (Å²) in [7, 11) is 1.54. The van der Waals surface area contributed by atoms with Gasteiger partial charge in [0.15, 0.2) is 0 Å². The Morgan fingerprint density at radius 1 is 1.35 bits per heavy atom. The Hall–Kier alpha value is -1.73. The average molecular weight is 244 g/mol. The zero-order valence-corrected chi connectivity index (χ0v) is 9.34. The summed E-state index contributed by atoms with van der Waals surface area (Å²) in [5, 5.41) is 2.65. The number of anilines is 1. The molecule has 7 heteroatoms. The van der Waals surface area contributed by atoms with Gasteiger partial charge < -0.3 is 10.1 Å². The minimum Gasteiger partial charge on any atom is -0.383 e. The molecule has 0 atom stereocenters. The molecule has 0 spiro atoms. The van der Waals surface area contributed by atoms with Crippen LogP contribution in [-0.4, -0.2) is 26.2 Å². The quantitative estimate of drug-likeness (QED) is 0.241. The lowest BCUT2D eigenvalue weighted by atomic mass is 10.3. The van der Waals surface area contributed by atoms with Crippen molar-refractivity contribution in [3.8, 4) is 0 Å². The standard InChI is InChI=1S/C10H14F2N4O/c1-17-3-2-14-10(16-13)15-9-5-7(11)4-8(12)6-9/h4-6H,2-3,13H2,1H3,(H2,14,15,16). The number of hydrazine groups is 1. The Kier molecular flexibility index (Phi) is 5.31. The van der Waals surface area contributed by atoms with Crippen molar-refractivity contribution in [1.82, 2.24) is 5.43 Å². The first kappa shape index (κ1) is 13.3. The molecule has 17 heavy (non-hydrogen) atoms. The molecular formula is C10H14F2N4O. The van der Waals surface area contributed by atoms with Gasteiger partial charge in [-0.2, -0.15) is 0 Å². The van der Waals surface area contributed by atoms with Crippen LogP contribution in [0, 0.1) is 11.6 Å². The van der Waals surface area contributed by atoms with Gasteiger partial charge in [-0.1, -0.05) is 0 Å². The number of hydrogen-bond donors (Lipinski definition) is 3. The number of nitrogens with one attached hydrogen (secondary N) is 2. The second-order valence-corrected chi connectivity index (χ2v) is 3.15. The predicted molar refractivity (Wildman–Crippen MR) is 61.5 cm³/mol. The first-order chi connectivity index (χ1) is 8.15. The third-order valence-corrected chi connectivity index (χ3v) is 1.83. The van der Waals surface area contributed by atoms with Crippen LogP contribution < -0.4 is 16.6 Å². The zero-order chi connectivity index (χ0) is 12.7. The molecule has 1 aromatic rings. The summed E-state index contributed by atoms with van der Waals surface area (Å²) in [6, 6.07) is 3.04. The van der Waals surface area contributed by atoms with Gasteiger partial charge in [-0.25, -0.2) is 19.6 Å². The van der Waals surface area contributed by atoms with E-state index in [2.05, 4.69) is 15.7 Å². The fraction of sp³-hybridized carbons (Fsp3) is 0.300. The fourth-order valence-corrected chi connectivity index (χ4v) is 1.13. The SMILES string of the molecule is COCCN=C(NN)Nc1cc(F)cc(F)c1. The molecule has 0 fully saturated rings. The molecule has 0 radical (unpaired) electrons. The highest BCUT2D eigenvalue weighted by Gasteiger charge is 2.02. The van der Waals surface area contributed by atoms with Crippen LogP contribution in [0.15, 0.2) is 23.2 Å². The lowest BCUT2D eigenvalue weighted by Gasteiger charge is -2.09. The first-order valence-corrected chi connectivity index (χ1v) is 4.89. The predicted octanol–water partition coefficient (Wildman–Crippen LogP) is 0.842. The van der Waals surface area contributed by atoms with Gasteiger partial charge >= 0.3 is 0 Å². The summed E-state index contributed by atoms with van der Waals surface area (Å²) in [6.07, 6.45) is 0. The van der Waals surface area contributed by atoms with Crippen LogP contribution in [-0.2, 0) is 4.74 Å². The maximum Gasteiger partial charge on any atom is 0.210 e. The molecular weight excluding hydrogens is 230 g/mol. The maximum atomic E-state index is 12.9. The van der Waals surface area contributed by atoms with Gasteiger partial charge in [0.1, 0.15) is 11.6 Å². The van der Waals surface area contributed by atoms with E-state index in [1.54, 1.807) is 7.11 Å². The molecule has 0 aliphatic heterocycles. The molecule has 0 heterocycles. The summed E-state index contributed by atoms with van der Waals surface area (Å²) in [5.74, 6) is 4.05. The molecule has 0 amide bonds. The lowest BCUT2D eigenvalue weighted by Crippen LogP contribution is -2.36. The van der Waals surface area contributed by atoms with Gasteiger partial charge in [0.2, 0.25) is 5.96 Å². The van der Waals surface area contributed by atoms with Gasteiger partial charge in [0, 0.05) is 18.9 Å². The fourth-order valence-electron chi connectivity index (χ4n) is 1.13. The second kappa shape index (κ2) is 6.77. The highest BCUT2D eigenvalue weighted by atomic mass is 19.1. The van der Waals surface area contributed by atoms with Gasteiger partial charge in [0.05, 0.1) is 13.2 Å². The largest absolute Gasteiger partial charge is 0.383 e. The highest BCUT2D eigenvalue weighted by Crippen LogP contribution is 2.12. The number of guanidine groups is 1. The second-order valence-electron chi connectivity index (χ2n) is 3.15. The first-order valence-electron chi connectivity index (χ1n) is 4.89. The van der Waals surface area contributed by atoms with E-state index in [-0.39, 0.29) is 11.6 Å². The number of methoxy groups -OCH3 is 1. The van der Waals surface area contributed by atoms with E-state index in [1.807, 2.05) is 0 Å². The third kappa shape index (κ3) is 4.75. The van der Waals surface area contributed by atoms with E-state index in [4.69, 9.17) is 10.6 Å². The third-order valence-electron chi connectivity index (χ3n) is 1.83. The number of ether oxygens (including phenoxy) is 1. The van der Waals surface area contributed by atoms with E-state index < -0.39 is 11.6 Å². The molecule has 4 N–H and O–H groups in total. The summed E-state index contributed by atoms with van der Waals surface area (Å²) < 4.78 is 30.6. The van der Waals surface area contributed by atoms with Crippen molar-refractivity contribution < 1.29 is 13.5 Å². The van der Waals surface area contributed by atoms with Crippen LogP contribution in [0.2, 0.25) is 0 Å². The molecule has 5 nitrogen and oxygen atoms in total. The van der Waals surface area contributed by atoms with Gasteiger partial charge in [-0.05, 0) is 12.1 Å². The Morgan fingerprint density at radius 3 is 2.53 bits per heavy atom. The van der Waals surface area contributed by atoms with Gasteiger partial charge in [-0.3, -0.25) is 5.43 Å². The van der Waals surface area contributed by atoms with E-state index in [0.29, 0.717) is 13.2 Å². The minimum atomic E-state index is -0.680. The summed E-state index contributed by atoms with van der Waals surface area (Å²) in [5.41, 5.74) is 2.51. The molecule has 1 rings (SSSR count). The monoisotopic (exact) mass is 244 g/mol. The van der Waals surface area contributed by atoms with Crippen molar-refractivity contribution in [3.63, 3.8) is 0 Å². The van der Waals surface area contributed by atoms with Crippen LogP contribution in [0.4, 0.5) is 14.5 Å². The zero-order valence-electron chi connectivity index (χ0n) is 9.34. The number of rotatable bonds is 4. The van der Waals surface area contributed by atoms with Crippen molar-refractivity contribution in [1.29, 1.82) is 0 Å². The average Bonchev–Trinajstić information content (AvgIpc) is 2.26. The van der Waals surface area contributed by atoms with Crippen molar-refractivity contribution >= 4 is 11.6 Å². The maximum absolute atomic E-state index is 12.9. The van der Waals surface area contributed by atoms with Crippen molar-refractivity contribution in [2.24, 2.45) is 10.8 Å². The van der Waals surface area contributed by atoms with Crippen LogP contribution in [0.1, 0.15) is 0 Å². The number of aliphatic imine (C=N–C) groups is 1. The lowest BCUT2D eigenvalue weighted by molar-refractivity contribution is 0.208. The van der Waals surface area contributed by atoms with E-state index in [1.165, 1.54) is 0 Å². The van der Waals surface area contributed by atoms with Crippen molar-refractivity contribution in [2.45, 2.75) is 0 Å². The Labute approximate surface area is 97.6 Å². The van der Waals surface area contributed by atoms with Crippen molar-refractivity contribution in [2.75, 3.05) is 25.6 Å². The van der Waals surface area contributed by atoms with E-state index in [9.17, 15) is 8.78 Å². The van der Waals surface area contributed by atoms with Crippen LogP contribution in [0.25, 0.3) is 0 Å². The van der Waals surface area contributed by atoms with Crippen LogP contribution >= 0.6 is 0 Å². The number of nitrogens with zero attached hydrogens (tertiary/aromatic N) is 1. The summed E-state index contributed by atoms with van der Waals surface area (Å²) >= 11 is 0. The van der Waals surface area contributed by atoms with Gasteiger partial charge in [-0.15, -0.1) is 0 Å². The van der Waals surface area contributed by atoms with Gasteiger partial charge in [0.25, 0.3) is 0 Å². The number of benzene rings is 1. The van der Waals surface area contributed by atoms with E-state index >= 15 is 0 Å². The van der Waals surface area contributed by atoms with Crippen LogP contribution in [0.5, 0.6) is 0 Å². The highest BCUT2D eigenvalue weighted by molar-refractivity contribution is 5.93. The molecule has 0 aliphatic carbocycles. The molecule has 1 aromatic carbocycles. The smallest absolute Gasteiger partial charge is 0.210 e. The Bertz CT molecular complexity index is 378. The Morgan fingerprint density at radius 2 is 2.00 bits per heavy atom. The number of nitrogens with two attached hydrogens (primary N) is 1. The molecule has 0 saturated carbocycles. The Balaban J connectivity index is 2.69. The van der Waals surface area contributed by atoms with Crippen LogP contribution in [0.3, 0.4) is 0 Å². The number of halogens is 2. The topological polar surface area (TPSA) is 71.7 Å². The molecule has 0 unspecified atom stereocenters. The van der Waals surface area contributed by atoms with Crippen molar-refractivity contribution in [3.05, 3.63) is 29.8 Å². The molecule has 94 valence electrons. The summed E-state index contributed by atoms with van der Waals surface area (Å²) in [6.45, 7) is 0.797. The molecule has 0 bridgehead atoms.